The fraction of sp³-hybridized carbons (Fsp3) is 0.267. The molecule has 3 rings (SSSR count). The lowest BCUT2D eigenvalue weighted by atomic mass is 10.1. The number of anilines is 1. The number of carbonyl (C=O) groups excluding carboxylic acids is 1. The van der Waals surface area contributed by atoms with Gasteiger partial charge in [0.15, 0.2) is 11.0 Å². The van der Waals surface area contributed by atoms with Crippen LogP contribution in [0.15, 0.2) is 36.7 Å². The van der Waals surface area contributed by atoms with E-state index in [9.17, 15) is 18.0 Å². The minimum Gasteiger partial charge on any atom is -0.279 e. The molecular weight excluding hydrogens is 345 g/mol. The highest BCUT2D eigenvalue weighted by Gasteiger charge is 2.44. The zero-order chi connectivity index (χ0) is 17.3. The van der Waals surface area contributed by atoms with Gasteiger partial charge in [-0.2, -0.15) is 13.2 Å². The van der Waals surface area contributed by atoms with Crippen LogP contribution in [0.2, 0.25) is 5.15 Å². The summed E-state index contributed by atoms with van der Waals surface area (Å²) < 4.78 is 37.6. The Morgan fingerprint density at radius 3 is 2.46 bits per heavy atom. The summed E-state index contributed by atoms with van der Waals surface area (Å²) in [6.07, 6.45) is -0.953. The van der Waals surface area contributed by atoms with Gasteiger partial charge in [0.2, 0.25) is 5.91 Å². The van der Waals surface area contributed by atoms with Gasteiger partial charge < -0.3 is 0 Å². The molecule has 0 bridgehead atoms. The van der Waals surface area contributed by atoms with E-state index in [1.54, 1.807) is 0 Å². The van der Waals surface area contributed by atoms with Crippen molar-refractivity contribution in [1.29, 1.82) is 0 Å². The molecule has 1 aromatic carbocycles. The molecule has 126 valence electrons. The molecule has 1 aromatic heterocycles. The van der Waals surface area contributed by atoms with Crippen LogP contribution < -0.4 is 10.9 Å². The largest absolute Gasteiger partial charge is 0.416 e. The highest BCUT2D eigenvalue weighted by molar-refractivity contribution is 6.31. The summed E-state index contributed by atoms with van der Waals surface area (Å²) in [4.78, 5) is 19.8. The van der Waals surface area contributed by atoms with Gasteiger partial charge in [0.25, 0.3) is 0 Å². The van der Waals surface area contributed by atoms with E-state index in [-0.39, 0.29) is 28.7 Å². The summed E-state index contributed by atoms with van der Waals surface area (Å²) in [5, 5.41) is 0.118. The SMILES string of the molecule is O=C(NNc1nccnc1Cl)C1CC1c1ccc(C(F)(F)F)cc1. The highest BCUT2D eigenvalue weighted by atomic mass is 35.5. The summed E-state index contributed by atoms with van der Waals surface area (Å²) >= 11 is 5.80. The van der Waals surface area contributed by atoms with Gasteiger partial charge in [0.1, 0.15) is 0 Å². The first kappa shape index (κ1) is 16.5. The fourth-order valence-electron chi connectivity index (χ4n) is 2.39. The van der Waals surface area contributed by atoms with E-state index in [1.165, 1.54) is 24.5 Å². The molecule has 24 heavy (non-hydrogen) atoms. The Labute approximate surface area is 140 Å². The zero-order valence-electron chi connectivity index (χ0n) is 12.1. The molecule has 1 amide bonds. The number of aromatic nitrogens is 2. The standard InChI is InChI=1S/C15H12ClF3N4O/c16-12-13(21-6-5-20-12)22-23-14(24)11-7-10(11)8-1-3-9(4-2-8)15(17,18)19/h1-6,10-11H,7H2,(H,21,22)(H,23,24). The summed E-state index contributed by atoms with van der Waals surface area (Å²) in [7, 11) is 0. The van der Waals surface area contributed by atoms with Gasteiger partial charge in [-0.1, -0.05) is 23.7 Å². The third-order valence-corrected chi connectivity index (χ3v) is 4.03. The molecule has 1 aliphatic carbocycles. The normalized spacial score (nSPS) is 19.7. The Morgan fingerprint density at radius 2 is 1.83 bits per heavy atom. The molecule has 1 fully saturated rings. The molecule has 1 saturated carbocycles. The van der Waals surface area contributed by atoms with Crippen LogP contribution in [0.1, 0.15) is 23.5 Å². The fourth-order valence-corrected chi connectivity index (χ4v) is 2.54. The van der Waals surface area contributed by atoms with E-state index in [1.807, 2.05) is 0 Å². The predicted octanol–water partition coefficient (Wildman–Crippen LogP) is 3.40. The van der Waals surface area contributed by atoms with E-state index in [2.05, 4.69) is 20.8 Å². The van der Waals surface area contributed by atoms with Gasteiger partial charge in [-0.3, -0.25) is 15.6 Å². The van der Waals surface area contributed by atoms with Crippen molar-refractivity contribution in [2.75, 3.05) is 5.43 Å². The monoisotopic (exact) mass is 356 g/mol. The summed E-state index contributed by atoms with van der Waals surface area (Å²) in [6.45, 7) is 0. The Kier molecular flexibility index (Phi) is 4.31. The summed E-state index contributed by atoms with van der Waals surface area (Å²) in [6, 6.07) is 4.88. The lowest BCUT2D eigenvalue weighted by molar-refractivity contribution is -0.137. The minimum atomic E-state index is -4.36. The molecule has 5 nitrogen and oxygen atoms in total. The van der Waals surface area contributed by atoms with Crippen molar-refractivity contribution >= 4 is 23.3 Å². The number of alkyl halides is 3. The Hall–Kier alpha value is -2.35. The molecule has 2 N–H and O–H groups in total. The number of rotatable bonds is 4. The molecule has 2 unspecified atom stereocenters. The topological polar surface area (TPSA) is 66.9 Å². The molecule has 2 aromatic rings. The van der Waals surface area contributed by atoms with Crippen LogP contribution >= 0.6 is 11.6 Å². The van der Waals surface area contributed by atoms with Crippen molar-refractivity contribution in [3.63, 3.8) is 0 Å². The van der Waals surface area contributed by atoms with Crippen LogP contribution in [0.5, 0.6) is 0 Å². The number of carbonyl (C=O) groups is 1. The predicted molar refractivity (Wildman–Crippen MR) is 81.1 cm³/mol. The summed E-state index contributed by atoms with van der Waals surface area (Å²) in [5.41, 5.74) is 5.07. The molecule has 0 aliphatic heterocycles. The van der Waals surface area contributed by atoms with E-state index in [0.717, 1.165) is 12.1 Å². The molecule has 9 heteroatoms. The van der Waals surface area contributed by atoms with Gasteiger partial charge in [-0.25, -0.2) is 9.97 Å². The second kappa shape index (κ2) is 6.27. The third-order valence-electron chi connectivity index (χ3n) is 3.75. The quantitative estimate of drug-likeness (QED) is 0.824. The number of hydrogen-bond donors (Lipinski definition) is 2. The number of nitrogens with zero attached hydrogens (tertiary/aromatic N) is 2. The maximum Gasteiger partial charge on any atom is 0.416 e. The first-order valence-electron chi connectivity index (χ1n) is 7.06. The Bertz CT molecular complexity index is 751. The van der Waals surface area contributed by atoms with Crippen molar-refractivity contribution in [3.05, 3.63) is 52.9 Å². The van der Waals surface area contributed by atoms with Gasteiger partial charge in [0.05, 0.1) is 5.56 Å². The molecule has 1 aliphatic rings. The summed E-state index contributed by atoms with van der Waals surface area (Å²) in [5.74, 6) is -0.447. The van der Waals surface area contributed by atoms with Gasteiger partial charge in [-0.15, -0.1) is 0 Å². The van der Waals surface area contributed by atoms with E-state index in [4.69, 9.17) is 11.6 Å². The Morgan fingerprint density at radius 1 is 1.17 bits per heavy atom. The second-order valence-corrected chi connectivity index (χ2v) is 5.74. The van der Waals surface area contributed by atoms with E-state index in [0.29, 0.717) is 12.0 Å². The van der Waals surface area contributed by atoms with Crippen molar-refractivity contribution in [3.8, 4) is 0 Å². The van der Waals surface area contributed by atoms with Crippen LogP contribution in [0.25, 0.3) is 0 Å². The molecular formula is C15H12ClF3N4O. The van der Waals surface area contributed by atoms with Crippen molar-refractivity contribution < 1.29 is 18.0 Å². The number of halogens is 4. The number of hydrogen-bond acceptors (Lipinski definition) is 4. The van der Waals surface area contributed by atoms with E-state index >= 15 is 0 Å². The minimum absolute atomic E-state index is 0.0913. The zero-order valence-corrected chi connectivity index (χ0v) is 12.9. The van der Waals surface area contributed by atoms with Gasteiger partial charge in [0, 0.05) is 18.3 Å². The number of benzene rings is 1. The number of amides is 1. The maximum absolute atomic E-state index is 12.5. The van der Waals surface area contributed by atoms with Crippen molar-refractivity contribution in [2.24, 2.45) is 5.92 Å². The van der Waals surface area contributed by atoms with Crippen LogP contribution in [0.4, 0.5) is 19.0 Å². The van der Waals surface area contributed by atoms with Crippen molar-refractivity contribution in [2.45, 2.75) is 18.5 Å². The number of nitrogens with one attached hydrogen (secondary N) is 2. The van der Waals surface area contributed by atoms with Crippen LogP contribution in [0.3, 0.4) is 0 Å². The average Bonchev–Trinajstić information content (AvgIpc) is 3.34. The van der Waals surface area contributed by atoms with Crippen molar-refractivity contribution in [1.82, 2.24) is 15.4 Å². The molecule has 0 saturated heterocycles. The van der Waals surface area contributed by atoms with Gasteiger partial charge in [-0.05, 0) is 30.0 Å². The highest BCUT2D eigenvalue weighted by Crippen LogP contribution is 2.47. The average molecular weight is 357 g/mol. The first-order valence-corrected chi connectivity index (χ1v) is 7.43. The lowest BCUT2D eigenvalue weighted by Gasteiger charge is -2.09. The molecule has 0 spiro atoms. The smallest absolute Gasteiger partial charge is 0.279 e. The first-order chi connectivity index (χ1) is 11.4. The molecule has 2 atom stereocenters. The molecule has 1 heterocycles. The Balaban J connectivity index is 1.57. The maximum atomic E-state index is 12.5. The molecule has 0 radical (unpaired) electrons. The van der Waals surface area contributed by atoms with Gasteiger partial charge >= 0.3 is 6.18 Å². The lowest BCUT2D eigenvalue weighted by Crippen LogP contribution is -2.31. The second-order valence-electron chi connectivity index (χ2n) is 5.38. The van der Waals surface area contributed by atoms with Crippen LogP contribution in [0, 0.1) is 5.92 Å². The third kappa shape index (κ3) is 3.59. The van der Waals surface area contributed by atoms with E-state index < -0.39 is 11.7 Å². The van der Waals surface area contributed by atoms with Crippen LogP contribution in [-0.4, -0.2) is 15.9 Å². The number of hydrazine groups is 1. The van der Waals surface area contributed by atoms with Crippen LogP contribution in [-0.2, 0) is 11.0 Å².